The van der Waals surface area contributed by atoms with Crippen molar-refractivity contribution < 1.29 is 48.3 Å². The summed E-state index contributed by atoms with van der Waals surface area (Å²) in [6.07, 6.45) is 6.09. The van der Waals surface area contributed by atoms with E-state index < -0.39 is 75.5 Å². The van der Waals surface area contributed by atoms with Crippen LogP contribution in [0, 0.1) is 17.3 Å². The molecule has 3 aromatic rings. The molecule has 2 unspecified atom stereocenters. The average Bonchev–Trinajstić information content (AvgIpc) is 3.99. The Labute approximate surface area is 399 Å². The number of aromatic nitrogens is 1. The minimum atomic E-state index is -2.45. The second kappa shape index (κ2) is 17.5. The van der Waals surface area contributed by atoms with Gasteiger partial charge in [-0.2, -0.15) is 0 Å². The monoisotopic (exact) mass is 938 g/mol. The van der Waals surface area contributed by atoms with Crippen molar-refractivity contribution in [3.8, 4) is 5.75 Å². The Morgan fingerprint density at radius 2 is 1.75 bits per heavy atom. The number of rotatable bonds is 12. The molecular formula is C53H71N5O10. The first kappa shape index (κ1) is 48.1. The van der Waals surface area contributed by atoms with Crippen LogP contribution in [0.3, 0.4) is 0 Å². The maximum atomic E-state index is 15.7. The highest BCUT2D eigenvalue weighted by Crippen LogP contribution is 2.68. The van der Waals surface area contributed by atoms with Gasteiger partial charge in [0, 0.05) is 90.9 Å². The highest BCUT2D eigenvalue weighted by molar-refractivity contribution is 5.96. The third kappa shape index (κ3) is 6.79. The summed E-state index contributed by atoms with van der Waals surface area (Å²) in [6.45, 7) is 14.0. The van der Waals surface area contributed by atoms with Gasteiger partial charge in [-0.3, -0.25) is 24.2 Å². The molecular weight excluding hydrogens is 867 g/mol. The minimum absolute atomic E-state index is 0.0999. The van der Waals surface area contributed by atoms with Crippen LogP contribution in [0.25, 0.3) is 10.9 Å². The van der Waals surface area contributed by atoms with E-state index in [1.54, 1.807) is 14.0 Å². The summed E-state index contributed by atoms with van der Waals surface area (Å²) in [4.78, 5) is 68.7. The predicted molar refractivity (Wildman–Crippen MR) is 256 cm³/mol. The first-order valence-corrected chi connectivity index (χ1v) is 24.9. The van der Waals surface area contributed by atoms with E-state index in [1.807, 2.05) is 76.1 Å². The number of ether oxygens (including phenoxy) is 4. The largest absolute Gasteiger partial charge is 0.496 e. The van der Waals surface area contributed by atoms with E-state index in [1.165, 1.54) is 14.0 Å². The number of benzene rings is 2. The van der Waals surface area contributed by atoms with Crippen molar-refractivity contribution >= 4 is 40.4 Å². The van der Waals surface area contributed by atoms with Crippen LogP contribution in [0.5, 0.6) is 5.75 Å². The molecule has 0 radical (unpaired) electrons. The summed E-state index contributed by atoms with van der Waals surface area (Å²) in [6, 6.07) is 9.60. The van der Waals surface area contributed by atoms with E-state index in [0.29, 0.717) is 94.7 Å². The van der Waals surface area contributed by atoms with E-state index in [-0.39, 0.29) is 18.4 Å². The van der Waals surface area contributed by atoms with Crippen LogP contribution in [-0.2, 0) is 50.6 Å². The van der Waals surface area contributed by atoms with Gasteiger partial charge < -0.3 is 44.4 Å². The van der Waals surface area contributed by atoms with Gasteiger partial charge in [0.2, 0.25) is 5.60 Å². The highest BCUT2D eigenvalue weighted by atomic mass is 16.6. The summed E-state index contributed by atoms with van der Waals surface area (Å²) in [5.74, 6) is -2.65. The number of piperidine rings is 1. The Bertz CT molecular complexity index is 2530. The van der Waals surface area contributed by atoms with Gasteiger partial charge in [-0.25, -0.2) is 4.79 Å². The normalized spacial score (nSPS) is 34.5. The summed E-state index contributed by atoms with van der Waals surface area (Å²) in [5, 5.41) is 30.1. The van der Waals surface area contributed by atoms with Crippen molar-refractivity contribution in [2.24, 2.45) is 17.3 Å². The SMILES string of the molecule is CCOC(=O)[C@@H](NC(=O)[C@@]1(O)[C@H](OC(C)=O)[C@]2(CC)C=CCN3CC[C@@]4(c5cc([C@@]6(C(=O)OC)C[C@H]7CN(CCc8c6[nH]c6ccccc86)C[C@](O)(CC)C7)c(OC)cc5N(C)[C@@H]14)[C@@H]32)C(C)CC. The topological polar surface area (TPSA) is 183 Å². The first-order valence-electron chi connectivity index (χ1n) is 24.9. The van der Waals surface area contributed by atoms with E-state index in [9.17, 15) is 19.8 Å². The number of nitrogens with one attached hydrogen (secondary N) is 2. The average molecular weight is 938 g/mol. The molecule has 5 aliphatic heterocycles. The zero-order valence-electron chi connectivity index (χ0n) is 41.3. The number of carbonyl (C=O) groups excluding carboxylic acids is 4. The Morgan fingerprint density at radius 3 is 2.43 bits per heavy atom. The summed E-state index contributed by atoms with van der Waals surface area (Å²) in [5.41, 5.74) is -2.30. The molecule has 2 aromatic carbocycles. The number of hydrogen-bond acceptors (Lipinski definition) is 13. The fourth-order valence-electron chi connectivity index (χ4n) is 14.5. The summed E-state index contributed by atoms with van der Waals surface area (Å²) < 4.78 is 24.3. The number of likely N-dealkylation sites (N-methyl/N-ethyl adjacent to an activating group) is 1. The maximum Gasteiger partial charge on any atom is 0.328 e. The lowest BCUT2D eigenvalue weighted by Gasteiger charge is -2.64. The smallest absolute Gasteiger partial charge is 0.328 e. The molecule has 15 heteroatoms. The number of anilines is 1. The van der Waals surface area contributed by atoms with Gasteiger partial charge in [0.25, 0.3) is 5.91 Å². The van der Waals surface area contributed by atoms with Crippen molar-refractivity contribution in [3.63, 3.8) is 0 Å². The van der Waals surface area contributed by atoms with Crippen molar-refractivity contribution in [3.05, 3.63) is 70.9 Å². The summed E-state index contributed by atoms with van der Waals surface area (Å²) >= 11 is 0. The molecule has 9 rings (SSSR count). The second-order valence-corrected chi connectivity index (χ2v) is 20.8. The fraction of sp³-hybridized carbons (Fsp3) is 0.623. The van der Waals surface area contributed by atoms with Crippen LogP contribution >= 0.6 is 0 Å². The molecule has 368 valence electrons. The number of methoxy groups -OCH3 is 2. The molecule has 1 spiro atoms. The molecule has 2 saturated heterocycles. The number of H-pyrrole nitrogens is 1. The van der Waals surface area contributed by atoms with Crippen molar-refractivity contribution in [1.82, 2.24) is 20.1 Å². The van der Waals surface area contributed by atoms with Gasteiger partial charge in [-0.1, -0.05) is 64.5 Å². The summed E-state index contributed by atoms with van der Waals surface area (Å²) in [7, 11) is 4.87. The van der Waals surface area contributed by atoms with Crippen LogP contribution in [0.1, 0.15) is 102 Å². The number of hydrogen-bond donors (Lipinski definition) is 4. The first-order chi connectivity index (χ1) is 32.5. The molecule has 12 atom stereocenters. The van der Waals surface area contributed by atoms with Crippen LogP contribution in [0.15, 0.2) is 48.6 Å². The van der Waals surface area contributed by atoms with Crippen LogP contribution in [-0.4, -0.2) is 145 Å². The number of amides is 1. The number of aliphatic hydroxyl groups is 2. The Hall–Kier alpha value is -4.96. The molecule has 1 aliphatic carbocycles. The Kier molecular flexibility index (Phi) is 12.3. The maximum absolute atomic E-state index is 15.7. The lowest BCUT2D eigenvalue weighted by Crippen LogP contribution is -2.82. The number of para-hydroxylation sites is 1. The molecule has 3 fully saturated rings. The van der Waals surface area contributed by atoms with E-state index in [4.69, 9.17) is 18.9 Å². The second-order valence-electron chi connectivity index (χ2n) is 20.8. The quantitative estimate of drug-likeness (QED) is 0.109. The van der Waals surface area contributed by atoms with Crippen LogP contribution in [0.4, 0.5) is 5.69 Å². The van der Waals surface area contributed by atoms with E-state index >= 15 is 9.59 Å². The molecule has 15 nitrogen and oxygen atoms in total. The molecule has 4 N–H and O–H groups in total. The zero-order valence-corrected chi connectivity index (χ0v) is 41.3. The molecule has 68 heavy (non-hydrogen) atoms. The Balaban J connectivity index is 1.33. The van der Waals surface area contributed by atoms with Crippen molar-refractivity contribution in [2.75, 3.05) is 65.5 Å². The third-order valence-corrected chi connectivity index (χ3v) is 17.5. The number of nitrogens with zero attached hydrogens (tertiary/aromatic N) is 3. The van der Waals surface area contributed by atoms with Crippen molar-refractivity contribution in [1.29, 1.82) is 0 Å². The fourth-order valence-corrected chi connectivity index (χ4v) is 14.5. The molecule has 1 amide bonds. The Morgan fingerprint density at radius 1 is 0.985 bits per heavy atom. The zero-order chi connectivity index (χ0) is 48.7. The molecule has 2 bridgehead atoms. The van der Waals surface area contributed by atoms with Gasteiger partial charge in [0.05, 0.1) is 32.5 Å². The lowest BCUT2D eigenvalue weighted by atomic mass is 9.47. The molecule has 1 saturated carbocycles. The van der Waals surface area contributed by atoms with E-state index in [2.05, 4.69) is 32.2 Å². The predicted octanol–water partition coefficient (Wildman–Crippen LogP) is 4.91. The van der Waals surface area contributed by atoms with Gasteiger partial charge in [0.15, 0.2) is 6.10 Å². The standard InChI is InChI=1S/C53H71N5O10/c1-10-31(5)41(43(60)67-13-4)55-47(61)53(64)45-51(21-24-58-22-16-20-50(12-3,44(51)58)46(53)68-32(6)59)36-25-37(40(65-8)26-39(36)56(45)7)52(48(62)66-9)28-33-27-49(63,11-2)30-57(29-33)23-19-35-34-17-14-15-18-38(34)54-42(35)52/h14-18,20,25-26,31,33,41,44-46,54,63-64H,10-13,19,21-24,27-30H2,1-9H3,(H,55,61)/t31?,33-,41-,44-,45+,46+,49-,50+,51+,52-,53-/m0/s1. The third-order valence-electron chi connectivity index (χ3n) is 17.5. The van der Waals surface area contributed by atoms with Crippen LogP contribution < -0.4 is 15.0 Å². The lowest BCUT2D eigenvalue weighted by molar-refractivity contribution is -0.218. The number of fused-ring (bicyclic) bond motifs is 6. The van der Waals surface area contributed by atoms with Gasteiger partial charge >= 0.3 is 17.9 Å². The van der Waals surface area contributed by atoms with Gasteiger partial charge in [0.1, 0.15) is 17.2 Å². The number of carbonyl (C=O) groups is 4. The molecule has 6 aliphatic rings. The van der Waals surface area contributed by atoms with E-state index in [0.717, 1.165) is 27.7 Å². The van der Waals surface area contributed by atoms with Crippen molar-refractivity contribution in [2.45, 2.75) is 133 Å². The highest BCUT2D eigenvalue weighted by Gasteiger charge is 2.80. The molecule has 1 aromatic heterocycles. The van der Waals surface area contributed by atoms with Gasteiger partial charge in [-0.05, 0) is 87.1 Å². The molecule has 6 heterocycles. The number of esters is 3. The minimum Gasteiger partial charge on any atom is -0.496 e. The van der Waals surface area contributed by atoms with Gasteiger partial charge in [-0.15, -0.1) is 0 Å². The number of aromatic amines is 1. The van der Waals surface area contributed by atoms with Crippen LogP contribution in [0.2, 0.25) is 0 Å².